The molecule has 5 N–H and O–H groups in total. The van der Waals surface area contributed by atoms with E-state index >= 15 is 0 Å². The average molecular weight is 549 g/mol. The van der Waals surface area contributed by atoms with Crippen LogP contribution >= 0.6 is 0 Å². The second-order valence-corrected chi connectivity index (χ2v) is 7.87. The summed E-state index contributed by atoms with van der Waals surface area (Å²) in [4.78, 5) is 41.9. The van der Waals surface area contributed by atoms with E-state index in [9.17, 15) is 4.79 Å². The molecule has 0 saturated carbocycles. The lowest BCUT2D eigenvalue weighted by molar-refractivity contribution is 0.0488. The first-order valence-corrected chi connectivity index (χ1v) is 11.8. The number of fused-ring (bicyclic) bond motifs is 2. The summed E-state index contributed by atoms with van der Waals surface area (Å²) in [5.74, 6) is 2.87. The van der Waals surface area contributed by atoms with Crippen LogP contribution in [0, 0.1) is 0 Å². The highest BCUT2D eigenvalue weighted by atomic mass is 16.5. The zero-order valence-electron chi connectivity index (χ0n) is 20.7. The number of esters is 1. The van der Waals surface area contributed by atoms with Crippen LogP contribution in [0.15, 0.2) is 58.4 Å². The van der Waals surface area contributed by atoms with Crippen LogP contribution in [0.1, 0.15) is 42.2 Å². The fourth-order valence-corrected chi connectivity index (χ4v) is 3.53. The van der Waals surface area contributed by atoms with Gasteiger partial charge in [-0.2, -0.15) is 0 Å². The van der Waals surface area contributed by atoms with E-state index in [2.05, 4.69) is 50.5 Å². The van der Waals surface area contributed by atoms with Crippen LogP contribution in [-0.4, -0.2) is 57.6 Å². The molecule has 0 saturated heterocycles. The van der Waals surface area contributed by atoms with Crippen LogP contribution in [-0.2, 0) is 24.4 Å². The summed E-state index contributed by atoms with van der Waals surface area (Å²) >= 11 is 0. The maximum atomic E-state index is 11.5. The number of aromatic nitrogens is 8. The summed E-state index contributed by atoms with van der Waals surface area (Å²) < 4.78 is 15.6. The number of H-pyrrole nitrogens is 2. The number of furan rings is 2. The number of ether oxygens (including phenoxy) is 1. The molecule has 208 valence electrons. The number of imidazole rings is 2. The van der Waals surface area contributed by atoms with Crippen molar-refractivity contribution < 1.29 is 23.5 Å². The fraction of sp³-hybridized carbons (Fsp3) is 0.240. The number of carbonyl (C=O) groups excluding carboxylic acids is 1. The van der Waals surface area contributed by atoms with Crippen molar-refractivity contribution in [3.8, 4) is 0 Å². The quantitative estimate of drug-likeness (QED) is 0.164. The number of hydrogen-bond acceptors (Lipinski definition) is 13. The first-order chi connectivity index (χ1) is 19.1. The zero-order valence-corrected chi connectivity index (χ0v) is 20.7. The number of hydrogen-bond donors (Lipinski definition) is 5. The van der Waals surface area contributed by atoms with Crippen molar-refractivity contribution in [2.45, 2.75) is 34.0 Å². The van der Waals surface area contributed by atoms with Crippen LogP contribution in [0.2, 0.25) is 0 Å². The Bertz CT molecular complexity index is 1670. The molecule has 40 heavy (non-hydrogen) atoms. The van der Waals surface area contributed by atoms with Crippen LogP contribution in [0.3, 0.4) is 0 Å². The Hall–Kier alpha value is -5.31. The normalized spacial score (nSPS) is 10.6. The number of nitrogens with zero attached hydrogens (tertiary/aromatic N) is 6. The molecule has 15 nitrogen and oxygen atoms in total. The third-order valence-electron chi connectivity index (χ3n) is 5.32. The van der Waals surface area contributed by atoms with Crippen molar-refractivity contribution in [3.63, 3.8) is 0 Å². The first-order valence-electron chi connectivity index (χ1n) is 11.8. The molecule has 6 aromatic heterocycles. The van der Waals surface area contributed by atoms with E-state index in [1.807, 2.05) is 6.07 Å². The van der Waals surface area contributed by atoms with Gasteiger partial charge in [0.15, 0.2) is 22.9 Å². The molecule has 0 aliphatic carbocycles. The summed E-state index contributed by atoms with van der Waals surface area (Å²) in [5.41, 5.74) is 2.67. The Morgan fingerprint density at radius 3 is 1.93 bits per heavy atom. The third-order valence-corrected chi connectivity index (χ3v) is 5.32. The van der Waals surface area contributed by atoms with E-state index in [0.29, 0.717) is 54.1 Å². The minimum atomic E-state index is -0.471. The summed E-state index contributed by atoms with van der Waals surface area (Å²) in [7, 11) is 0. The molecule has 0 atom stereocenters. The Morgan fingerprint density at radius 2 is 1.38 bits per heavy atom. The number of aliphatic hydroxyl groups excluding tert-OH is 1. The number of nitrogens with one attached hydrogen (secondary N) is 4. The molecule has 0 aromatic carbocycles. The highest BCUT2D eigenvalue weighted by molar-refractivity contribution is 5.86. The molecule has 0 bridgehead atoms. The zero-order chi connectivity index (χ0) is 27.0. The first kappa shape index (κ1) is 27.7. The van der Waals surface area contributed by atoms with Crippen molar-refractivity contribution in [2.24, 2.45) is 0 Å². The molecule has 6 rings (SSSR count). The van der Waals surface area contributed by atoms with Gasteiger partial charge in [-0.25, -0.2) is 34.7 Å². The third kappa shape index (κ3) is 6.39. The maximum absolute atomic E-state index is 11.5. The fourth-order valence-electron chi connectivity index (χ4n) is 3.53. The van der Waals surface area contributed by atoms with E-state index < -0.39 is 5.97 Å². The van der Waals surface area contributed by atoms with E-state index in [0.717, 1.165) is 16.8 Å². The summed E-state index contributed by atoms with van der Waals surface area (Å²) in [6.45, 7) is 2.81. The minimum Gasteiger partial charge on any atom is -0.462 e. The van der Waals surface area contributed by atoms with Crippen LogP contribution in [0.25, 0.3) is 22.3 Å². The second kappa shape index (κ2) is 13.0. The van der Waals surface area contributed by atoms with Gasteiger partial charge in [0, 0.05) is 0 Å². The smallest absolute Gasteiger partial charge is 0.374 e. The van der Waals surface area contributed by atoms with E-state index in [4.69, 9.17) is 18.7 Å². The van der Waals surface area contributed by atoms with Gasteiger partial charge in [0.25, 0.3) is 0 Å². The van der Waals surface area contributed by atoms with Gasteiger partial charge in [-0.15, -0.1) is 0 Å². The lowest BCUT2D eigenvalue weighted by atomic mass is 10.4. The lowest BCUT2D eigenvalue weighted by Gasteiger charge is -2.03. The van der Waals surface area contributed by atoms with Gasteiger partial charge < -0.3 is 39.3 Å². The molecule has 0 aliphatic rings. The summed E-state index contributed by atoms with van der Waals surface area (Å²) in [5, 5.41) is 15.1. The molecule has 0 amide bonds. The second-order valence-electron chi connectivity index (χ2n) is 7.87. The molecular weight excluding hydrogens is 520 g/mol. The largest absolute Gasteiger partial charge is 0.462 e. The van der Waals surface area contributed by atoms with Crippen molar-refractivity contribution >= 4 is 39.9 Å². The van der Waals surface area contributed by atoms with Crippen molar-refractivity contribution in [1.82, 2.24) is 39.9 Å². The van der Waals surface area contributed by atoms with Gasteiger partial charge in [0.1, 0.15) is 47.6 Å². The highest BCUT2D eigenvalue weighted by Crippen LogP contribution is 2.18. The predicted octanol–water partition coefficient (Wildman–Crippen LogP) is 3.42. The summed E-state index contributed by atoms with van der Waals surface area (Å²) in [6.07, 6.45) is 6.00. The molecule has 15 heteroatoms. The maximum Gasteiger partial charge on any atom is 0.374 e. The standard InChI is InChI=1S/C13H13N5O3.C11H11N5O2.CH4/c1-2-20-13(19)9-4-3-8(21-9)5-14-11-10-12(16-6-15-10)18-7-17-11;17-4-8-2-1-7(18-8)3-12-10-9-11(14-5-13-9)16-6-15-10;/h3-4,6-7H,2,5H2,1H3,(H2,14,15,16,17,18);1-2,5-6,17H,3-4H2,(H2,12,13,14,15,16);1H4. The number of anilines is 2. The summed E-state index contributed by atoms with van der Waals surface area (Å²) in [6, 6.07) is 6.85. The Kier molecular flexibility index (Phi) is 8.99. The van der Waals surface area contributed by atoms with Crippen molar-refractivity contribution in [1.29, 1.82) is 0 Å². The lowest BCUT2D eigenvalue weighted by Crippen LogP contribution is -2.03. The SMILES string of the molecule is C.CCOC(=O)c1ccc(CNc2ncnc3nc[nH]c23)o1.OCc1ccc(CNc2ncnc3nc[nH]c23)o1. The molecule has 0 spiro atoms. The van der Waals surface area contributed by atoms with Crippen molar-refractivity contribution in [2.75, 3.05) is 17.2 Å². The molecular formula is C25H28N10O5. The van der Waals surface area contributed by atoms with E-state index in [-0.39, 0.29) is 19.8 Å². The van der Waals surface area contributed by atoms with Crippen LogP contribution < -0.4 is 10.6 Å². The Balaban J connectivity index is 0.000000182. The Labute approximate surface area is 227 Å². The van der Waals surface area contributed by atoms with Gasteiger partial charge in [-0.1, -0.05) is 7.43 Å². The number of carbonyl (C=O) groups is 1. The number of rotatable bonds is 9. The molecule has 0 fully saturated rings. The topological polar surface area (TPSA) is 206 Å². The number of aliphatic hydroxyl groups is 1. The highest BCUT2D eigenvalue weighted by Gasteiger charge is 2.13. The minimum absolute atomic E-state index is 0. The molecule has 0 radical (unpaired) electrons. The molecule has 6 aromatic rings. The van der Waals surface area contributed by atoms with Gasteiger partial charge in [0.2, 0.25) is 5.76 Å². The predicted molar refractivity (Wildman–Crippen MR) is 144 cm³/mol. The molecule has 6 heterocycles. The molecule has 0 unspecified atom stereocenters. The van der Waals surface area contributed by atoms with Gasteiger partial charge >= 0.3 is 5.97 Å². The molecule has 0 aliphatic heterocycles. The van der Waals surface area contributed by atoms with Gasteiger partial charge in [0.05, 0.1) is 32.4 Å². The van der Waals surface area contributed by atoms with Gasteiger partial charge in [-0.05, 0) is 31.2 Å². The monoisotopic (exact) mass is 548 g/mol. The Morgan fingerprint density at radius 1 is 0.825 bits per heavy atom. The van der Waals surface area contributed by atoms with E-state index in [1.165, 1.54) is 12.7 Å². The average Bonchev–Trinajstić information content (AvgIpc) is 3.78. The van der Waals surface area contributed by atoms with Gasteiger partial charge in [-0.3, -0.25) is 0 Å². The van der Waals surface area contributed by atoms with Crippen LogP contribution in [0.4, 0.5) is 11.6 Å². The van der Waals surface area contributed by atoms with Crippen LogP contribution in [0.5, 0.6) is 0 Å². The van der Waals surface area contributed by atoms with E-state index in [1.54, 1.807) is 37.8 Å². The number of aromatic amines is 2. The van der Waals surface area contributed by atoms with Crippen molar-refractivity contribution in [3.05, 3.63) is 72.6 Å².